The van der Waals surface area contributed by atoms with Gasteiger partial charge in [-0.15, -0.1) is 0 Å². The first kappa shape index (κ1) is 21.8. The topological polar surface area (TPSA) is 41.6 Å². The maximum absolute atomic E-state index is 13.5. The van der Waals surface area contributed by atoms with Crippen LogP contribution in [-0.2, 0) is 4.79 Å². The summed E-state index contributed by atoms with van der Waals surface area (Å²) in [5.41, 5.74) is 3.32. The summed E-state index contributed by atoms with van der Waals surface area (Å²) in [4.78, 5) is 16.0. The maximum Gasteiger partial charge on any atom is 0.240 e. The van der Waals surface area contributed by atoms with Gasteiger partial charge in [0.05, 0.1) is 7.11 Å². The van der Waals surface area contributed by atoms with E-state index >= 15 is 0 Å². The van der Waals surface area contributed by atoms with E-state index in [-0.39, 0.29) is 17.7 Å². The molecular weight excluding hydrogens is 420 g/mol. The number of rotatable bonds is 4. The number of amides is 1. The van der Waals surface area contributed by atoms with E-state index in [1.807, 2.05) is 12.1 Å². The maximum atomic E-state index is 13.5. The van der Waals surface area contributed by atoms with E-state index < -0.39 is 5.54 Å². The highest BCUT2D eigenvalue weighted by Crippen LogP contribution is 2.56. The molecule has 1 N–H and O–H groups in total. The van der Waals surface area contributed by atoms with Gasteiger partial charge in [0.2, 0.25) is 5.91 Å². The number of carbonyl (C=O) groups excluding carboxylic acids is 1. The Morgan fingerprint density at radius 3 is 2.56 bits per heavy atom. The van der Waals surface area contributed by atoms with Crippen LogP contribution in [0.3, 0.4) is 0 Å². The monoisotopic (exact) mass is 452 g/mol. The molecule has 4 nitrogen and oxygen atoms in total. The fraction of sp³-hybridized carbons (Fsp3) is 0.519. The Morgan fingerprint density at radius 1 is 1.09 bits per heavy atom. The molecule has 1 aliphatic carbocycles. The number of hydrogen-bond acceptors (Lipinski definition) is 3. The molecule has 170 valence electrons. The Kier molecular flexibility index (Phi) is 5.94. The first-order valence-electron chi connectivity index (χ1n) is 12.0. The predicted molar refractivity (Wildman–Crippen MR) is 129 cm³/mol. The molecule has 1 saturated carbocycles. The lowest BCUT2D eigenvalue weighted by atomic mass is 9.59. The van der Waals surface area contributed by atoms with Crippen LogP contribution in [0.5, 0.6) is 5.75 Å². The summed E-state index contributed by atoms with van der Waals surface area (Å²) in [7, 11) is 1.76. The molecule has 4 atom stereocenters. The molecule has 0 bridgehead atoms. The molecule has 3 aliphatic rings. The molecular formula is C27H33ClN2O2. The van der Waals surface area contributed by atoms with Crippen LogP contribution in [0.2, 0.25) is 5.02 Å². The minimum absolute atomic E-state index is 0.221. The predicted octanol–water partition coefficient (Wildman–Crippen LogP) is 5.29. The Balaban J connectivity index is 1.62. The van der Waals surface area contributed by atoms with Crippen molar-refractivity contribution in [1.29, 1.82) is 0 Å². The third-order valence-corrected chi connectivity index (χ3v) is 8.41. The van der Waals surface area contributed by atoms with E-state index in [1.165, 1.54) is 36.0 Å². The Bertz CT molecular complexity index is 986. The number of aryl methyl sites for hydroxylation is 1. The second-order valence-corrected chi connectivity index (χ2v) is 10.2. The van der Waals surface area contributed by atoms with Crippen molar-refractivity contribution in [2.45, 2.75) is 56.4 Å². The number of piperidine rings is 1. The van der Waals surface area contributed by atoms with E-state index in [0.717, 1.165) is 43.2 Å². The molecule has 2 saturated heterocycles. The molecule has 0 radical (unpaired) electrons. The van der Waals surface area contributed by atoms with Crippen molar-refractivity contribution in [3.63, 3.8) is 0 Å². The third kappa shape index (κ3) is 3.52. The molecule has 2 aromatic carbocycles. The molecule has 4 unspecified atom stereocenters. The highest BCUT2D eigenvalue weighted by molar-refractivity contribution is 6.30. The smallest absolute Gasteiger partial charge is 0.240 e. The fourth-order valence-electron chi connectivity index (χ4n) is 6.70. The highest BCUT2D eigenvalue weighted by atomic mass is 35.5. The van der Waals surface area contributed by atoms with Crippen molar-refractivity contribution in [3.05, 3.63) is 64.2 Å². The summed E-state index contributed by atoms with van der Waals surface area (Å²) in [6, 6.07) is 14.9. The number of carbonyl (C=O) groups is 1. The van der Waals surface area contributed by atoms with Crippen molar-refractivity contribution in [2.75, 3.05) is 26.7 Å². The normalized spacial score (nSPS) is 30.6. The van der Waals surface area contributed by atoms with Gasteiger partial charge in [-0.25, -0.2) is 0 Å². The number of likely N-dealkylation sites (tertiary alicyclic amines) is 1. The van der Waals surface area contributed by atoms with Crippen molar-refractivity contribution in [3.8, 4) is 5.75 Å². The molecule has 1 amide bonds. The second-order valence-electron chi connectivity index (χ2n) is 9.76. The lowest BCUT2D eigenvalue weighted by Crippen LogP contribution is -2.62. The second kappa shape index (κ2) is 8.72. The summed E-state index contributed by atoms with van der Waals surface area (Å²) in [5.74, 6) is 1.93. The summed E-state index contributed by atoms with van der Waals surface area (Å²) >= 11 is 6.26. The Labute approximate surface area is 196 Å². The van der Waals surface area contributed by atoms with Crippen molar-refractivity contribution in [1.82, 2.24) is 10.2 Å². The number of nitrogens with zero attached hydrogens (tertiary/aromatic N) is 1. The first-order valence-corrected chi connectivity index (χ1v) is 12.4. The summed E-state index contributed by atoms with van der Waals surface area (Å²) in [5, 5.41) is 4.03. The van der Waals surface area contributed by atoms with Gasteiger partial charge in [0.1, 0.15) is 11.3 Å². The molecule has 32 heavy (non-hydrogen) atoms. The van der Waals surface area contributed by atoms with Gasteiger partial charge in [-0.1, -0.05) is 42.3 Å². The van der Waals surface area contributed by atoms with E-state index in [1.54, 1.807) is 7.11 Å². The van der Waals surface area contributed by atoms with Gasteiger partial charge in [0, 0.05) is 17.5 Å². The van der Waals surface area contributed by atoms with Crippen molar-refractivity contribution in [2.24, 2.45) is 5.92 Å². The molecule has 0 aromatic heterocycles. The average molecular weight is 453 g/mol. The fourth-order valence-corrected chi connectivity index (χ4v) is 6.83. The van der Waals surface area contributed by atoms with Gasteiger partial charge >= 0.3 is 0 Å². The molecule has 5 heteroatoms. The minimum Gasteiger partial charge on any atom is -0.496 e. The van der Waals surface area contributed by atoms with E-state index in [2.05, 4.69) is 47.5 Å². The summed E-state index contributed by atoms with van der Waals surface area (Å²) < 4.78 is 5.84. The van der Waals surface area contributed by atoms with Crippen LogP contribution in [0.15, 0.2) is 42.5 Å². The molecule has 5 rings (SSSR count). The zero-order valence-corrected chi connectivity index (χ0v) is 19.8. The van der Waals surface area contributed by atoms with Crippen molar-refractivity contribution >= 4 is 17.5 Å². The van der Waals surface area contributed by atoms with Crippen LogP contribution < -0.4 is 10.1 Å². The number of fused-ring (bicyclic) bond motifs is 1. The summed E-state index contributed by atoms with van der Waals surface area (Å²) in [6.07, 6.45) is 5.50. The largest absolute Gasteiger partial charge is 0.496 e. The standard InChI is InChI=1S/C27H33ClN2O2/c1-18-6-11-21(24(16-18)32-2)22-12-13-27(30-14-4-3-5-15-30)23(17-29-26(27)31)25(22)19-7-9-20(28)10-8-19/h6-11,16,22-23,25H,3-5,12-15,17H2,1-2H3,(H,29,31). The number of methoxy groups -OCH3 is 1. The quantitative estimate of drug-likeness (QED) is 0.685. The number of halogens is 1. The molecule has 2 aliphatic heterocycles. The Morgan fingerprint density at radius 2 is 1.84 bits per heavy atom. The molecule has 0 spiro atoms. The van der Waals surface area contributed by atoms with Gasteiger partial charge in [0.25, 0.3) is 0 Å². The van der Waals surface area contributed by atoms with Crippen LogP contribution in [0.1, 0.15) is 60.6 Å². The van der Waals surface area contributed by atoms with Gasteiger partial charge in [-0.2, -0.15) is 0 Å². The number of nitrogens with one attached hydrogen (secondary N) is 1. The zero-order chi connectivity index (χ0) is 22.3. The van der Waals surface area contributed by atoms with Gasteiger partial charge in [-0.05, 0) is 92.4 Å². The van der Waals surface area contributed by atoms with Crippen LogP contribution in [0, 0.1) is 12.8 Å². The Hall–Kier alpha value is -2.04. The SMILES string of the molecule is COc1cc(C)ccc1C1CCC2(N3CCCCC3)C(=O)NCC2C1c1ccc(Cl)cc1. The van der Waals surface area contributed by atoms with E-state index in [0.29, 0.717) is 5.92 Å². The summed E-state index contributed by atoms with van der Waals surface area (Å²) in [6.45, 7) is 4.88. The molecule has 2 heterocycles. The van der Waals surface area contributed by atoms with Gasteiger partial charge in [0.15, 0.2) is 0 Å². The number of ether oxygens (including phenoxy) is 1. The molecule has 2 aromatic rings. The lowest BCUT2D eigenvalue weighted by Gasteiger charge is -2.52. The van der Waals surface area contributed by atoms with E-state index in [9.17, 15) is 4.79 Å². The van der Waals surface area contributed by atoms with Crippen molar-refractivity contribution < 1.29 is 9.53 Å². The van der Waals surface area contributed by atoms with Gasteiger partial charge in [-0.3, -0.25) is 9.69 Å². The highest BCUT2D eigenvalue weighted by Gasteiger charge is 2.60. The lowest BCUT2D eigenvalue weighted by molar-refractivity contribution is -0.135. The van der Waals surface area contributed by atoms with Crippen LogP contribution in [-0.4, -0.2) is 43.1 Å². The van der Waals surface area contributed by atoms with Crippen LogP contribution in [0.25, 0.3) is 0 Å². The third-order valence-electron chi connectivity index (χ3n) is 8.16. The van der Waals surface area contributed by atoms with Crippen LogP contribution in [0.4, 0.5) is 0 Å². The zero-order valence-electron chi connectivity index (χ0n) is 19.1. The van der Waals surface area contributed by atoms with Gasteiger partial charge < -0.3 is 10.1 Å². The molecule has 3 fully saturated rings. The minimum atomic E-state index is -0.404. The van der Waals surface area contributed by atoms with Crippen LogP contribution >= 0.6 is 11.6 Å². The average Bonchev–Trinajstić information content (AvgIpc) is 3.17. The van der Waals surface area contributed by atoms with E-state index in [4.69, 9.17) is 16.3 Å². The number of benzene rings is 2. The first-order chi connectivity index (χ1) is 15.5. The number of hydrogen-bond donors (Lipinski definition) is 1.